The zero-order valence-corrected chi connectivity index (χ0v) is 18.0. The molecule has 0 saturated heterocycles. The standard InChI is InChI=1S/C23H30N2O3S/c1-18-12-14-21(15-13-18)29(27,28)25(17-16-20-8-4-3-5-9-20)23-11-7-6-10-22(23)24-19(2)26/h3-5,8-9,12-15,22-23H,6-7,10-11,16-17H2,1-2H3,(H,24,26)/t22-,23+/m0/s1. The van der Waals surface area contributed by atoms with Crippen LogP contribution in [0.5, 0.6) is 0 Å². The fourth-order valence-corrected chi connectivity index (χ4v) is 5.77. The van der Waals surface area contributed by atoms with Crippen molar-refractivity contribution in [1.29, 1.82) is 0 Å². The van der Waals surface area contributed by atoms with Gasteiger partial charge in [-0.05, 0) is 43.9 Å². The van der Waals surface area contributed by atoms with Gasteiger partial charge >= 0.3 is 0 Å². The third-order valence-electron chi connectivity index (χ3n) is 5.58. The summed E-state index contributed by atoms with van der Waals surface area (Å²) in [6, 6.07) is 16.5. The van der Waals surface area contributed by atoms with E-state index >= 15 is 0 Å². The second-order valence-corrected chi connectivity index (χ2v) is 9.71. The van der Waals surface area contributed by atoms with Crippen molar-refractivity contribution in [2.45, 2.75) is 62.9 Å². The predicted molar refractivity (Wildman–Crippen MR) is 115 cm³/mol. The van der Waals surface area contributed by atoms with Crippen LogP contribution in [0.4, 0.5) is 0 Å². The SMILES string of the molecule is CC(=O)N[C@H]1CCCC[C@H]1N(CCc1ccccc1)S(=O)(=O)c1ccc(C)cc1. The molecule has 1 aliphatic rings. The third kappa shape index (κ3) is 5.46. The number of hydrogen-bond donors (Lipinski definition) is 1. The van der Waals surface area contributed by atoms with Crippen LogP contribution >= 0.6 is 0 Å². The van der Waals surface area contributed by atoms with Crippen molar-refractivity contribution in [3.63, 3.8) is 0 Å². The van der Waals surface area contributed by atoms with Crippen LogP contribution in [0, 0.1) is 6.92 Å². The van der Waals surface area contributed by atoms with Crippen molar-refractivity contribution >= 4 is 15.9 Å². The average molecular weight is 415 g/mol. The molecular weight excluding hydrogens is 384 g/mol. The highest BCUT2D eigenvalue weighted by molar-refractivity contribution is 7.89. The Balaban J connectivity index is 1.93. The summed E-state index contributed by atoms with van der Waals surface area (Å²) in [6.07, 6.45) is 4.15. The molecule has 0 bridgehead atoms. The van der Waals surface area contributed by atoms with Crippen molar-refractivity contribution in [2.24, 2.45) is 0 Å². The lowest BCUT2D eigenvalue weighted by Crippen LogP contribution is -2.55. The summed E-state index contributed by atoms with van der Waals surface area (Å²) in [6.45, 7) is 3.83. The Kier molecular flexibility index (Phi) is 7.09. The van der Waals surface area contributed by atoms with Crippen molar-refractivity contribution in [3.8, 4) is 0 Å². The first-order chi connectivity index (χ1) is 13.9. The molecule has 3 rings (SSSR count). The van der Waals surface area contributed by atoms with Gasteiger partial charge in [0.05, 0.1) is 4.90 Å². The molecule has 2 aromatic rings. The minimum absolute atomic E-state index is 0.113. The first kappa shape index (κ1) is 21.5. The van der Waals surface area contributed by atoms with Gasteiger partial charge in [-0.15, -0.1) is 0 Å². The third-order valence-corrected chi connectivity index (χ3v) is 7.52. The Hall–Kier alpha value is -2.18. The fraction of sp³-hybridized carbons (Fsp3) is 0.435. The zero-order valence-electron chi connectivity index (χ0n) is 17.2. The first-order valence-electron chi connectivity index (χ1n) is 10.3. The lowest BCUT2D eigenvalue weighted by atomic mass is 9.90. The van der Waals surface area contributed by atoms with E-state index in [4.69, 9.17) is 0 Å². The number of amides is 1. The van der Waals surface area contributed by atoms with Gasteiger partial charge < -0.3 is 5.32 Å². The van der Waals surface area contributed by atoms with E-state index in [1.54, 1.807) is 16.4 Å². The maximum atomic E-state index is 13.6. The first-order valence-corrected chi connectivity index (χ1v) is 11.7. The van der Waals surface area contributed by atoms with Crippen LogP contribution < -0.4 is 5.32 Å². The summed E-state index contributed by atoms with van der Waals surface area (Å²) in [5.41, 5.74) is 2.12. The summed E-state index contributed by atoms with van der Waals surface area (Å²) < 4.78 is 28.8. The highest BCUT2D eigenvalue weighted by atomic mass is 32.2. The largest absolute Gasteiger partial charge is 0.352 e. The van der Waals surface area contributed by atoms with Gasteiger partial charge in [-0.1, -0.05) is 60.9 Å². The van der Waals surface area contributed by atoms with Crippen LogP contribution in [-0.2, 0) is 21.2 Å². The summed E-state index contributed by atoms with van der Waals surface area (Å²) in [7, 11) is -3.67. The molecule has 6 heteroatoms. The number of rotatable bonds is 7. The number of benzene rings is 2. The van der Waals surface area contributed by atoms with E-state index in [1.165, 1.54) is 6.92 Å². The Morgan fingerprint density at radius 1 is 1.03 bits per heavy atom. The van der Waals surface area contributed by atoms with E-state index < -0.39 is 10.0 Å². The minimum atomic E-state index is -3.67. The number of sulfonamides is 1. The normalized spacial score (nSPS) is 19.8. The minimum Gasteiger partial charge on any atom is -0.352 e. The summed E-state index contributed by atoms with van der Waals surface area (Å²) in [4.78, 5) is 12.0. The van der Waals surface area contributed by atoms with E-state index in [9.17, 15) is 13.2 Å². The highest BCUT2D eigenvalue weighted by Gasteiger charge is 2.37. The fourth-order valence-electron chi connectivity index (χ4n) is 4.08. The van der Waals surface area contributed by atoms with Gasteiger partial charge in [-0.3, -0.25) is 4.79 Å². The molecule has 0 unspecified atom stereocenters. The smallest absolute Gasteiger partial charge is 0.243 e. The van der Waals surface area contributed by atoms with E-state index in [-0.39, 0.29) is 18.0 Å². The van der Waals surface area contributed by atoms with Crippen molar-refractivity contribution < 1.29 is 13.2 Å². The molecule has 1 fully saturated rings. The van der Waals surface area contributed by atoms with Crippen LogP contribution in [0.2, 0.25) is 0 Å². The van der Waals surface area contributed by atoms with E-state index in [0.29, 0.717) is 17.9 Å². The molecule has 156 valence electrons. The molecule has 0 aliphatic heterocycles. The predicted octanol–water partition coefficient (Wildman–Crippen LogP) is 3.68. The van der Waals surface area contributed by atoms with E-state index in [2.05, 4.69) is 5.32 Å². The van der Waals surface area contributed by atoms with Gasteiger partial charge in [-0.2, -0.15) is 4.31 Å². The maximum absolute atomic E-state index is 13.6. The molecule has 0 spiro atoms. The van der Waals surface area contributed by atoms with Crippen LogP contribution in [0.25, 0.3) is 0 Å². The molecule has 2 atom stereocenters. The number of nitrogens with one attached hydrogen (secondary N) is 1. The van der Waals surface area contributed by atoms with Crippen LogP contribution in [0.3, 0.4) is 0 Å². The molecule has 0 heterocycles. The molecule has 5 nitrogen and oxygen atoms in total. The molecule has 2 aromatic carbocycles. The quantitative estimate of drug-likeness (QED) is 0.752. The molecule has 0 radical (unpaired) electrons. The number of carbonyl (C=O) groups excluding carboxylic acids is 1. The summed E-state index contributed by atoms with van der Waals surface area (Å²) >= 11 is 0. The molecule has 1 N–H and O–H groups in total. The van der Waals surface area contributed by atoms with Gasteiger partial charge in [0.15, 0.2) is 0 Å². The Bertz CT molecular complexity index is 911. The van der Waals surface area contributed by atoms with Gasteiger partial charge in [0, 0.05) is 25.6 Å². The lowest BCUT2D eigenvalue weighted by Gasteiger charge is -2.39. The van der Waals surface area contributed by atoms with Gasteiger partial charge in [0.1, 0.15) is 0 Å². The van der Waals surface area contributed by atoms with Crippen LogP contribution in [0.1, 0.15) is 43.7 Å². The second-order valence-electron chi connectivity index (χ2n) is 7.82. The number of nitrogens with zero attached hydrogens (tertiary/aromatic N) is 1. The van der Waals surface area contributed by atoms with Gasteiger partial charge in [-0.25, -0.2) is 8.42 Å². The molecule has 29 heavy (non-hydrogen) atoms. The lowest BCUT2D eigenvalue weighted by molar-refractivity contribution is -0.120. The van der Waals surface area contributed by atoms with Crippen LogP contribution in [-0.4, -0.2) is 37.3 Å². The second kappa shape index (κ2) is 9.55. The Morgan fingerprint density at radius 2 is 1.69 bits per heavy atom. The molecule has 1 aliphatic carbocycles. The highest BCUT2D eigenvalue weighted by Crippen LogP contribution is 2.29. The van der Waals surface area contributed by atoms with Crippen molar-refractivity contribution in [1.82, 2.24) is 9.62 Å². The topological polar surface area (TPSA) is 66.5 Å². The maximum Gasteiger partial charge on any atom is 0.243 e. The molecule has 1 saturated carbocycles. The van der Waals surface area contributed by atoms with Crippen LogP contribution in [0.15, 0.2) is 59.5 Å². The Labute approximate surface area is 174 Å². The molecule has 0 aromatic heterocycles. The Morgan fingerprint density at radius 3 is 2.34 bits per heavy atom. The van der Waals surface area contributed by atoms with E-state index in [1.807, 2.05) is 49.4 Å². The van der Waals surface area contributed by atoms with Gasteiger partial charge in [0.2, 0.25) is 15.9 Å². The summed E-state index contributed by atoms with van der Waals surface area (Å²) in [5, 5.41) is 3.00. The zero-order chi connectivity index (χ0) is 20.9. The molecule has 1 amide bonds. The number of aryl methyl sites for hydroxylation is 1. The number of carbonyl (C=O) groups is 1. The monoisotopic (exact) mass is 414 g/mol. The summed E-state index contributed by atoms with van der Waals surface area (Å²) in [5.74, 6) is -0.113. The van der Waals surface area contributed by atoms with Crippen molar-refractivity contribution in [2.75, 3.05) is 6.54 Å². The van der Waals surface area contributed by atoms with E-state index in [0.717, 1.165) is 36.8 Å². The number of hydrogen-bond acceptors (Lipinski definition) is 3. The van der Waals surface area contributed by atoms with Crippen molar-refractivity contribution in [3.05, 3.63) is 65.7 Å². The van der Waals surface area contributed by atoms with Gasteiger partial charge in [0.25, 0.3) is 0 Å². The average Bonchev–Trinajstić information content (AvgIpc) is 2.70. The molecular formula is C23H30N2O3S.